The Balaban J connectivity index is 1.51. The van der Waals surface area contributed by atoms with Crippen LogP contribution in [-0.4, -0.2) is 37.2 Å². The highest BCUT2D eigenvalue weighted by molar-refractivity contribution is 7.98. The van der Waals surface area contributed by atoms with Crippen molar-refractivity contribution in [1.82, 2.24) is 19.5 Å². The molecule has 0 amide bonds. The van der Waals surface area contributed by atoms with Gasteiger partial charge in [-0.1, -0.05) is 42.1 Å². The average molecular weight is 427 g/mol. The molecule has 1 saturated heterocycles. The molecule has 4 rings (SSSR count). The Labute approximate surface area is 177 Å². The van der Waals surface area contributed by atoms with Crippen molar-refractivity contribution in [2.45, 2.75) is 43.4 Å². The molecule has 10 heteroatoms. The van der Waals surface area contributed by atoms with Crippen molar-refractivity contribution >= 4 is 40.8 Å². The van der Waals surface area contributed by atoms with Crippen molar-refractivity contribution in [1.29, 1.82) is 0 Å². The maximum absolute atomic E-state index is 12.2. The zero-order chi connectivity index (χ0) is 21.3. The number of esters is 2. The number of cyclic esters (lactones) is 2. The van der Waals surface area contributed by atoms with Gasteiger partial charge in [0.05, 0.1) is 6.33 Å². The average Bonchev–Trinajstić information content (AvgIpc) is 3.08. The molecule has 2 N–H and O–H groups in total. The molecular weight excluding hydrogens is 406 g/mol. The molecule has 0 saturated carbocycles. The van der Waals surface area contributed by atoms with Gasteiger partial charge in [-0.25, -0.2) is 9.97 Å². The number of anilines is 1. The van der Waals surface area contributed by atoms with Gasteiger partial charge in [-0.2, -0.15) is 4.98 Å². The maximum atomic E-state index is 12.2. The third-order valence-electron chi connectivity index (χ3n) is 4.59. The fraction of sp³-hybridized carbons (Fsp3) is 0.350. The number of nitrogens with zero attached hydrogens (tertiary/aromatic N) is 4. The molecule has 9 nitrogen and oxygen atoms in total. The zero-order valence-electron chi connectivity index (χ0n) is 16.6. The summed E-state index contributed by atoms with van der Waals surface area (Å²) in [5, 5.41) is 0.679. The number of nitrogen functional groups attached to an aromatic ring is 1. The monoisotopic (exact) mass is 427 g/mol. The largest absolute Gasteiger partial charge is 0.422 e. The summed E-state index contributed by atoms with van der Waals surface area (Å²) in [4.78, 5) is 37.4. The topological polar surface area (TPSA) is 122 Å². The molecule has 1 aromatic carbocycles. The number of thioether (sulfide) groups is 1. The van der Waals surface area contributed by atoms with Gasteiger partial charge in [-0.05, 0) is 12.0 Å². The molecule has 3 heterocycles. The lowest BCUT2D eigenvalue weighted by Crippen LogP contribution is -2.46. The third-order valence-corrected chi connectivity index (χ3v) is 5.62. The summed E-state index contributed by atoms with van der Waals surface area (Å²) in [6.07, 6.45) is 1.81. The second-order valence-corrected chi connectivity index (χ2v) is 8.32. The number of benzene rings is 1. The SMILES string of the molecule is CC1(C)OC(=O)C(CCn2cnc3c(SCc4ccccc4)nc(N)nc32)C(=O)O1. The first-order valence-electron chi connectivity index (χ1n) is 9.43. The van der Waals surface area contributed by atoms with Gasteiger partial charge in [-0.3, -0.25) is 9.59 Å². The molecular formula is C20H21N5O4S. The van der Waals surface area contributed by atoms with Gasteiger partial charge in [0, 0.05) is 26.1 Å². The van der Waals surface area contributed by atoms with Crippen molar-refractivity contribution in [2.24, 2.45) is 5.92 Å². The van der Waals surface area contributed by atoms with Crippen LogP contribution in [0.3, 0.4) is 0 Å². The minimum Gasteiger partial charge on any atom is -0.422 e. The molecule has 1 aliphatic heterocycles. The Morgan fingerprint density at radius 3 is 2.53 bits per heavy atom. The summed E-state index contributed by atoms with van der Waals surface area (Å²) in [5.74, 6) is -2.55. The van der Waals surface area contributed by atoms with Crippen molar-refractivity contribution in [2.75, 3.05) is 5.73 Å². The van der Waals surface area contributed by atoms with E-state index in [4.69, 9.17) is 15.2 Å². The first kappa shape index (κ1) is 20.1. The Hall–Kier alpha value is -3.14. The third kappa shape index (κ3) is 4.23. The van der Waals surface area contributed by atoms with Crippen LogP contribution in [0.15, 0.2) is 41.7 Å². The van der Waals surface area contributed by atoms with Gasteiger partial charge in [0.2, 0.25) is 5.95 Å². The predicted octanol–water partition coefficient (Wildman–Crippen LogP) is 2.54. The maximum Gasteiger partial charge on any atom is 0.323 e. The van der Waals surface area contributed by atoms with E-state index < -0.39 is 23.6 Å². The van der Waals surface area contributed by atoms with E-state index in [0.29, 0.717) is 22.7 Å². The van der Waals surface area contributed by atoms with Gasteiger partial charge < -0.3 is 19.8 Å². The van der Waals surface area contributed by atoms with Crippen LogP contribution in [0.4, 0.5) is 5.95 Å². The normalized spacial score (nSPS) is 16.5. The molecule has 30 heavy (non-hydrogen) atoms. The van der Waals surface area contributed by atoms with Crippen LogP contribution in [0.5, 0.6) is 0 Å². The number of carbonyl (C=O) groups is 2. The Bertz CT molecular complexity index is 1080. The molecule has 0 spiro atoms. The number of hydrogen-bond acceptors (Lipinski definition) is 9. The Kier molecular flexibility index (Phi) is 5.33. The summed E-state index contributed by atoms with van der Waals surface area (Å²) < 4.78 is 12.1. The van der Waals surface area contributed by atoms with E-state index in [0.717, 1.165) is 11.3 Å². The lowest BCUT2D eigenvalue weighted by atomic mass is 10.0. The first-order valence-corrected chi connectivity index (χ1v) is 10.4. The van der Waals surface area contributed by atoms with Crippen LogP contribution in [0.25, 0.3) is 11.2 Å². The van der Waals surface area contributed by atoms with E-state index in [1.54, 1.807) is 10.9 Å². The number of hydrogen-bond donors (Lipinski definition) is 1. The summed E-state index contributed by atoms with van der Waals surface area (Å²) in [6, 6.07) is 10.0. The molecule has 2 aromatic heterocycles. The lowest BCUT2D eigenvalue weighted by molar-refractivity contribution is -0.240. The second-order valence-electron chi connectivity index (χ2n) is 7.35. The van der Waals surface area contributed by atoms with Crippen LogP contribution >= 0.6 is 11.8 Å². The van der Waals surface area contributed by atoms with Crippen molar-refractivity contribution < 1.29 is 19.1 Å². The van der Waals surface area contributed by atoms with Crippen LogP contribution in [0.2, 0.25) is 0 Å². The van der Waals surface area contributed by atoms with Gasteiger partial charge in [0.25, 0.3) is 5.79 Å². The first-order chi connectivity index (χ1) is 14.3. The fourth-order valence-corrected chi connectivity index (χ4v) is 4.11. The highest BCUT2D eigenvalue weighted by Crippen LogP contribution is 2.29. The predicted molar refractivity (Wildman–Crippen MR) is 110 cm³/mol. The smallest absolute Gasteiger partial charge is 0.323 e. The summed E-state index contributed by atoms with van der Waals surface area (Å²) in [6.45, 7) is 3.37. The van der Waals surface area contributed by atoms with Crippen molar-refractivity contribution in [3.8, 4) is 0 Å². The van der Waals surface area contributed by atoms with E-state index in [2.05, 4.69) is 15.0 Å². The number of rotatable bonds is 6. The Morgan fingerprint density at radius 2 is 1.83 bits per heavy atom. The van der Waals surface area contributed by atoms with Crippen LogP contribution in [0.1, 0.15) is 25.8 Å². The van der Waals surface area contributed by atoms with Crippen LogP contribution in [0, 0.1) is 5.92 Å². The highest BCUT2D eigenvalue weighted by Gasteiger charge is 2.42. The highest BCUT2D eigenvalue weighted by atomic mass is 32.2. The number of aromatic nitrogens is 4. The molecule has 156 valence electrons. The number of carbonyl (C=O) groups excluding carboxylic acids is 2. The number of fused-ring (bicyclic) bond motifs is 1. The summed E-state index contributed by atoms with van der Waals surface area (Å²) >= 11 is 1.52. The van der Waals surface area contributed by atoms with E-state index in [-0.39, 0.29) is 12.4 Å². The minimum absolute atomic E-state index is 0.137. The van der Waals surface area contributed by atoms with Crippen molar-refractivity contribution in [3.05, 3.63) is 42.2 Å². The van der Waals surface area contributed by atoms with Gasteiger partial charge >= 0.3 is 11.9 Å². The van der Waals surface area contributed by atoms with Crippen LogP contribution in [-0.2, 0) is 31.4 Å². The molecule has 0 bridgehead atoms. The fourth-order valence-electron chi connectivity index (χ4n) is 3.17. The lowest BCUT2D eigenvalue weighted by Gasteiger charge is -2.32. The summed E-state index contributed by atoms with van der Waals surface area (Å²) in [7, 11) is 0. The van der Waals surface area contributed by atoms with Crippen LogP contribution < -0.4 is 5.73 Å². The van der Waals surface area contributed by atoms with Gasteiger partial charge in [0.15, 0.2) is 11.6 Å². The molecule has 1 aliphatic rings. The quantitative estimate of drug-likeness (QED) is 0.274. The van der Waals surface area contributed by atoms with E-state index in [9.17, 15) is 9.59 Å². The molecule has 0 atom stereocenters. The zero-order valence-corrected chi connectivity index (χ0v) is 17.4. The standard InChI is InChI=1S/C20H21N5O4S/c1-20(2)28-17(26)13(18(27)29-20)8-9-25-11-22-14-15(25)23-19(21)24-16(14)30-10-12-6-4-3-5-7-12/h3-7,11,13H,8-10H2,1-2H3,(H2,21,23,24). The van der Waals surface area contributed by atoms with Crippen molar-refractivity contribution in [3.63, 3.8) is 0 Å². The number of imidazole rings is 1. The molecule has 0 radical (unpaired) electrons. The van der Waals surface area contributed by atoms with Gasteiger partial charge in [0.1, 0.15) is 10.5 Å². The number of nitrogens with two attached hydrogens (primary N) is 1. The van der Waals surface area contributed by atoms with Gasteiger partial charge in [-0.15, -0.1) is 0 Å². The Morgan fingerprint density at radius 1 is 1.13 bits per heavy atom. The molecule has 1 fully saturated rings. The molecule has 0 unspecified atom stereocenters. The van der Waals surface area contributed by atoms with E-state index in [1.807, 2.05) is 30.3 Å². The second kappa shape index (κ2) is 7.94. The summed E-state index contributed by atoms with van der Waals surface area (Å²) in [5.41, 5.74) is 8.24. The van der Waals surface area contributed by atoms with E-state index in [1.165, 1.54) is 25.6 Å². The molecule has 3 aromatic rings. The number of aryl methyl sites for hydroxylation is 1. The van der Waals surface area contributed by atoms with E-state index >= 15 is 0 Å². The number of ether oxygens (including phenoxy) is 2. The minimum atomic E-state index is -1.24. The molecule has 0 aliphatic carbocycles.